The van der Waals surface area contributed by atoms with Gasteiger partial charge < -0.3 is 20.1 Å². The van der Waals surface area contributed by atoms with Crippen molar-refractivity contribution in [2.24, 2.45) is 10.9 Å². The van der Waals surface area contributed by atoms with Gasteiger partial charge in [0, 0.05) is 12.6 Å². The molecule has 6 heteroatoms. The second-order valence-corrected chi connectivity index (χ2v) is 4.96. The second kappa shape index (κ2) is 10.7. The van der Waals surface area contributed by atoms with Crippen LogP contribution in [0.4, 0.5) is 0 Å². The smallest absolute Gasteiger partial charge is 0.191 e. The summed E-state index contributed by atoms with van der Waals surface area (Å²) in [4.78, 5) is 4.55. The van der Waals surface area contributed by atoms with Crippen molar-refractivity contribution in [3.8, 4) is 0 Å². The maximum Gasteiger partial charge on any atom is 0.191 e. The quantitative estimate of drug-likeness (QED) is 0.429. The first-order valence-corrected chi connectivity index (χ1v) is 6.87. The molecule has 19 heavy (non-hydrogen) atoms. The minimum absolute atomic E-state index is 0. The highest BCUT2D eigenvalue weighted by Crippen LogP contribution is 2.02. The summed E-state index contributed by atoms with van der Waals surface area (Å²) in [5.74, 6) is 1.43. The van der Waals surface area contributed by atoms with Crippen LogP contribution in [0.25, 0.3) is 0 Å². The van der Waals surface area contributed by atoms with Gasteiger partial charge in [-0.25, -0.2) is 0 Å². The van der Waals surface area contributed by atoms with Gasteiger partial charge in [-0.2, -0.15) is 0 Å². The van der Waals surface area contributed by atoms with E-state index in [1.807, 2.05) is 0 Å². The molecule has 0 bridgehead atoms. The van der Waals surface area contributed by atoms with E-state index in [0.717, 1.165) is 12.5 Å². The Balaban J connectivity index is 0.00000324. The molecule has 2 atom stereocenters. The third-order valence-corrected chi connectivity index (χ3v) is 3.05. The highest BCUT2D eigenvalue weighted by molar-refractivity contribution is 14.0. The second-order valence-electron chi connectivity index (χ2n) is 4.96. The Morgan fingerprint density at radius 2 is 2.05 bits per heavy atom. The molecule has 114 valence electrons. The molecular weight excluding hydrogens is 357 g/mol. The van der Waals surface area contributed by atoms with E-state index in [4.69, 9.17) is 9.47 Å². The van der Waals surface area contributed by atoms with Crippen LogP contribution in [0.2, 0.25) is 0 Å². The standard InChI is InChI=1S/C13H27N3O2.HI/c1-5-14-13(16-11(4)10(2)3)15-8-12-9-17-6-7-18-12;/h10-12H,5-9H2,1-4H3,(H2,14,15,16);1H. The number of aliphatic imine (C=N–C) groups is 1. The van der Waals surface area contributed by atoms with E-state index in [1.54, 1.807) is 0 Å². The van der Waals surface area contributed by atoms with E-state index < -0.39 is 0 Å². The lowest BCUT2D eigenvalue weighted by Crippen LogP contribution is -2.45. The lowest BCUT2D eigenvalue weighted by atomic mass is 10.1. The topological polar surface area (TPSA) is 54.9 Å². The fourth-order valence-corrected chi connectivity index (χ4v) is 1.54. The highest BCUT2D eigenvalue weighted by Gasteiger charge is 2.14. The van der Waals surface area contributed by atoms with E-state index in [0.29, 0.717) is 38.3 Å². The summed E-state index contributed by atoms with van der Waals surface area (Å²) in [6.45, 7) is 12.1. The van der Waals surface area contributed by atoms with Crippen molar-refractivity contribution in [3.05, 3.63) is 0 Å². The molecule has 0 aromatic heterocycles. The zero-order valence-corrected chi connectivity index (χ0v) is 14.8. The van der Waals surface area contributed by atoms with E-state index in [-0.39, 0.29) is 30.1 Å². The minimum Gasteiger partial charge on any atom is -0.376 e. The lowest BCUT2D eigenvalue weighted by Gasteiger charge is -2.23. The number of nitrogens with one attached hydrogen (secondary N) is 2. The number of hydrogen-bond donors (Lipinski definition) is 2. The van der Waals surface area contributed by atoms with Crippen LogP contribution in [0.15, 0.2) is 4.99 Å². The van der Waals surface area contributed by atoms with E-state index in [9.17, 15) is 0 Å². The third kappa shape index (κ3) is 7.94. The third-order valence-electron chi connectivity index (χ3n) is 3.05. The van der Waals surface area contributed by atoms with Crippen molar-refractivity contribution in [2.75, 3.05) is 32.9 Å². The van der Waals surface area contributed by atoms with Crippen molar-refractivity contribution in [1.82, 2.24) is 10.6 Å². The van der Waals surface area contributed by atoms with Gasteiger partial charge in [0.05, 0.1) is 26.4 Å². The molecule has 2 N–H and O–H groups in total. The molecule has 0 amide bonds. The summed E-state index contributed by atoms with van der Waals surface area (Å²) >= 11 is 0. The average Bonchev–Trinajstić information content (AvgIpc) is 2.37. The van der Waals surface area contributed by atoms with E-state index >= 15 is 0 Å². The molecule has 1 heterocycles. The Labute approximate surface area is 133 Å². The highest BCUT2D eigenvalue weighted by atomic mass is 127. The monoisotopic (exact) mass is 385 g/mol. The van der Waals surface area contributed by atoms with Crippen LogP contribution in [0.3, 0.4) is 0 Å². The van der Waals surface area contributed by atoms with Gasteiger partial charge in [0.15, 0.2) is 5.96 Å². The first-order valence-electron chi connectivity index (χ1n) is 6.87. The number of hydrogen-bond acceptors (Lipinski definition) is 3. The number of ether oxygens (including phenoxy) is 2. The zero-order valence-electron chi connectivity index (χ0n) is 12.4. The number of guanidine groups is 1. The van der Waals surface area contributed by atoms with Gasteiger partial charge in [0.1, 0.15) is 6.10 Å². The van der Waals surface area contributed by atoms with Gasteiger partial charge >= 0.3 is 0 Å². The molecular formula is C13H28IN3O2. The fourth-order valence-electron chi connectivity index (χ4n) is 1.54. The molecule has 0 aromatic rings. The molecule has 2 unspecified atom stereocenters. The Bertz CT molecular complexity index is 256. The molecule has 1 rings (SSSR count). The Hall–Kier alpha value is -0.0800. The molecule has 0 saturated carbocycles. The van der Waals surface area contributed by atoms with Crippen LogP contribution >= 0.6 is 24.0 Å². The molecule has 0 aliphatic carbocycles. The van der Waals surface area contributed by atoms with E-state index in [2.05, 4.69) is 43.3 Å². The van der Waals surface area contributed by atoms with Crippen LogP contribution in [0, 0.1) is 5.92 Å². The Kier molecular flexibility index (Phi) is 10.6. The zero-order chi connectivity index (χ0) is 13.4. The molecule has 0 aromatic carbocycles. The van der Waals surface area contributed by atoms with Crippen LogP contribution in [-0.4, -0.2) is 51.0 Å². The molecule has 1 aliphatic heterocycles. The average molecular weight is 385 g/mol. The molecule has 1 saturated heterocycles. The van der Waals surface area contributed by atoms with Gasteiger partial charge in [-0.3, -0.25) is 4.99 Å². The molecule has 1 aliphatic rings. The fraction of sp³-hybridized carbons (Fsp3) is 0.923. The van der Waals surface area contributed by atoms with Crippen molar-refractivity contribution < 1.29 is 9.47 Å². The summed E-state index contributed by atoms with van der Waals surface area (Å²) in [5, 5.41) is 6.65. The normalized spacial score (nSPS) is 21.7. The van der Waals surface area contributed by atoms with E-state index in [1.165, 1.54) is 0 Å². The number of halogens is 1. The summed E-state index contributed by atoms with van der Waals surface area (Å²) in [5.41, 5.74) is 0. The molecule has 5 nitrogen and oxygen atoms in total. The van der Waals surface area contributed by atoms with Crippen molar-refractivity contribution in [2.45, 2.75) is 39.8 Å². The van der Waals surface area contributed by atoms with Crippen LogP contribution in [0.1, 0.15) is 27.7 Å². The predicted molar refractivity (Wildman–Crippen MR) is 89.4 cm³/mol. The first-order chi connectivity index (χ1) is 8.63. The van der Waals surface area contributed by atoms with Crippen molar-refractivity contribution in [3.63, 3.8) is 0 Å². The van der Waals surface area contributed by atoms with Gasteiger partial charge in [0.25, 0.3) is 0 Å². The predicted octanol–water partition coefficient (Wildman–Crippen LogP) is 1.62. The Morgan fingerprint density at radius 3 is 2.58 bits per heavy atom. The van der Waals surface area contributed by atoms with Crippen molar-refractivity contribution in [1.29, 1.82) is 0 Å². The summed E-state index contributed by atoms with van der Waals surface area (Å²) < 4.78 is 10.9. The maximum atomic E-state index is 5.57. The van der Waals surface area contributed by atoms with Gasteiger partial charge in [-0.15, -0.1) is 24.0 Å². The maximum absolute atomic E-state index is 5.57. The lowest BCUT2D eigenvalue weighted by molar-refractivity contribution is -0.0832. The summed E-state index contributed by atoms with van der Waals surface area (Å²) in [7, 11) is 0. The van der Waals surface area contributed by atoms with Crippen LogP contribution in [-0.2, 0) is 9.47 Å². The van der Waals surface area contributed by atoms with Gasteiger partial charge in [-0.1, -0.05) is 13.8 Å². The number of rotatable bonds is 5. The van der Waals surface area contributed by atoms with Crippen LogP contribution in [0.5, 0.6) is 0 Å². The summed E-state index contributed by atoms with van der Waals surface area (Å²) in [6.07, 6.45) is 0.0866. The largest absolute Gasteiger partial charge is 0.376 e. The van der Waals surface area contributed by atoms with Crippen LogP contribution < -0.4 is 10.6 Å². The minimum atomic E-state index is 0. The van der Waals surface area contributed by atoms with Gasteiger partial charge in [0.2, 0.25) is 0 Å². The SMILES string of the molecule is CCNC(=NCC1COCCO1)NC(C)C(C)C.I. The Morgan fingerprint density at radius 1 is 1.32 bits per heavy atom. The van der Waals surface area contributed by atoms with Gasteiger partial charge in [-0.05, 0) is 19.8 Å². The molecule has 0 radical (unpaired) electrons. The first kappa shape index (κ1) is 18.9. The molecule has 1 fully saturated rings. The number of nitrogens with zero attached hydrogens (tertiary/aromatic N) is 1. The van der Waals surface area contributed by atoms with Crippen molar-refractivity contribution >= 4 is 29.9 Å². The molecule has 0 spiro atoms. The summed E-state index contributed by atoms with van der Waals surface area (Å²) in [6, 6.07) is 0.395.